The molecule has 2 unspecified atom stereocenters. The largest absolute Gasteiger partial charge is 0.391 e. The fraction of sp³-hybridized carbons (Fsp3) is 0.375. The highest BCUT2D eigenvalue weighted by Crippen LogP contribution is 2.24. The number of nitrogens with one attached hydrogen (secondary N) is 2. The highest BCUT2D eigenvalue weighted by Gasteiger charge is 2.25. The third-order valence-corrected chi connectivity index (χ3v) is 4.77. The molecule has 2 aromatic rings. The van der Waals surface area contributed by atoms with Gasteiger partial charge in [-0.1, -0.05) is 12.1 Å². The summed E-state index contributed by atoms with van der Waals surface area (Å²) in [5.41, 5.74) is 1.37. The van der Waals surface area contributed by atoms with E-state index in [9.17, 15) is 14.3 Å². The minimum Gasteiger partial charge on any atom is -0.391 e. The summed E-state index contributed by atoms with van der Waals surface area (Å²) in [4.78, 5) is 16.4. The zero-order valence-electron chi connectivity index (χ0n) is 13.3. The summed E-state index contributed by atoms with van der Waals surface area (Å²) in [7, 11) is 0. The van der Waals surface area contributed by atoms with Gasteiger partial charge in [0, 0.05) is 36.5 Å². The molecule has 1 fully saturated rings. The normalized spacial score (nSPS) is 19.0. The van der Waals surface area contributed by atoms with Crippen LogP contribution in [-0.4, -0.2) is 41.7 Å². The van der Waals surface area contributed by atoms with Gasteiger partial charge in [-0.15, -0.1) is 36.2 Å². The number of aliphatic hydroxyl groups excluding tert-OH is 1. The summed E-state index contributed by atoms with van der Waals surface area (Å²) in [5, 5.41) is 18.1. The minimum atomic E-state index is -0.408. The maximum absolute atomic E-state index is 13.2. The van der Waals surface area contributed by atoms with Crippen molar-refractivity contribution in [1.82, 2.24) is 15.6 Å². The van der Waals surface area contributed by atoms with Crippen LogP contribution in [0, 0.1) is 11.7 Å². The van der Waals surface area contributed by atoms with Gasteiger partial charge < -0.3 is 15.7 Å². The van der Waals surface area contributed by atoms with Crippen molar-refractivity contribution in [2.45, 2.75) is 12.5 Å². The average molecular weight is 408 g/mol. The molecule has 1 aromatic heterocycles. The van der Waals surface area contributed by atoms with Gasteiger partial charge in [-0.3, -0.25) is 4.79 Å². The summed E-state index contributed by atoms with van der Waals surface area (Å²) in [6.07, 6.45) is -0.226. The average Bonchev–Trinajstić information content (AvgIpc) is 3.14. The molecule has 5 nitrogen and oxygen atoms in total. The zero-order valence-corrected chi connectivity index (χ0v) is 15.7. The van der Waals surface area contributed by atoms with E-state index >= 15 is 0 Å². The van der Waals surface area contributed by atoms with Gasteiger partial charge >= 0.3 is 0 Å². The van der Waals surface area contributed by atoms with Crippen LogP contribution in [0.3, 0.4) is 0 Å². The van der Waals surface area contributed by atoms with E-state index in [4.69, 9.17) is 0 Å². The molecule has 0 radical (unpaired) electrons. The molecule has 2 heterocycles. The number of halogens is 3. The van der Waals surface area contributed by atoms with Crippen molar-refractivity contribution >= 4 is 42.1 Å². The lowest BCUT2D eigenvalue weighted by atomic mass is 10.1. The second-order valence-corrected chi connectivity index (χ2v) is 6.48. The Morgan fingerprint density at radius 2 is 2.20 bits per heavy atom. The minimum absolute atomic E-state index is 0. The van der Waals surface area contributed by atoms with E-state index in [-0.39, 0.29) is 48.9 Å². The third kappa shape index (κ3) is 5.90. The van der Waals surface area contributed by atoms with Crippen LogP contribution < -0.4 is 10.6 Å². The highest BCUT2D eigenvalue weighted by atomic mass is 35.5. The lowest BCUT2D eigenvalue weighted by molar-refractivity contribution is -0.120. The van der Waals surface area contributed by atoms with Crippen molar-refractivity contribution in [1.29, 1.82) is 0 Å². The Balaban J connectivity index is 0.00000156. The van der Waals surface area contributed by atoms with E-state index in [0.717, 1.165) is 0 Å². The Morgan fingerprint density at radius 3 is 2.88 bits per heavy atom. The molecule has 0 bridgehead atoms. The first kappa shape index (κ1) is 21.8. The molecule has 3 N–H and O–H groups in total. The van der Waals surface area contributed by atoms with Crippen LogP contribution >= 0.6 is 36.2 Å². The smallest absolute Gasteiger partial charge is 0.226 e. The Morgan fingerprint density at radius 1 is 1.40 bits per heavy atom. The SMILES string of the molecule is Cl.Cl.O=C(Cc1csc(-c2cccc(F)c2)n1)NCC1CNCC1O. The van der Waals surface area contributed by atoms with E-state index in [1.807, 2.05) is 5.38 Å². The second-order valence-electron chi connectivity index (χ2n) is 5.62. The van der Waals surface area contributed by atoms with Crippen molar-refractivity contribution < 1.29 is 14.3 Å². The van der Waals surface area contributed by atoms with Crippen molar-refractivity contribution in [2.75, 3.05) is 19.6 Å². The monoisotopic (exact) mass is 407 g/mol. The summed E-state index contributed by atoms with van der Waals surface area (Å²) >= 11 is 1.39. The standard InChI is InChI=1S/C16H18FN3O2S.2ClH/c17-12-3-1-2-10(4-12)16-20-13(9-23-16)5-15(22)19-7-11-6-18-8-14(11)21;;/h1-4,9,11,14,18,21H,5-8H2,(H,19,22);2*1H. The topological polar surface area (TPSA) is 74.2 Å². The van der Waals surface area contributed by atoms with Crippen LogP contribution in [0.4, 0.5) is 4.39 Å². The molecule has 3 rings (SSSR count). The van der Waals surface area contributed by atoms with Crippen LogP contribution in [-0.2, 0) is 11.2 Å². The number of rotatable bonds is 5. The van der Waals surface area contributed by atoms with Crippen LogP contribution in [0.25, 0.3) is 10.6 Å². The number of hydrogen-bond donors (Lipinski definition) is 3. The van der Waals surface area contributed by atoms with Gasteiger partial charge in [-0.25, -0.2) is 9.37 Å². The quantitative estimate of drug-likeness (QED) is 0.708. The zero-order chi connectivity index (χ0) is 16.2. The molecule has 1 amide bonds. The number of hydrogen-bond acceptors (Lipinski definition) is 5. The molecule has 0 spiro atoms. The fourth-order valence-electron chi connectivity index (χ4n) is 2.54. The Bertz CT molecular complexity index is 702. The van der Waals surface area contributed by atoms with Crippen molar-refractivity contribution in [3.8, 4) is 10.6 Å². The molecule has 9 heteroatoms. The van der Waals surface area contributed by atoms with E-state index < -0.39 is 6.10 Å². The molecule has 1 aliphatic heterocycles. The van der Waals surface area contributed by atoms with E-state index in [2.05, 4.69) is 15.6 Å². The molecule has 0 aliphatic carbocycles. The second kappa shape index (κ2) is 10.0. The van der Waals surface area contributed by atoms with Gasteiger partial charge in [-0.05, 0) is 12.1 Å². The number of carbonyl (C=O) groups excluding carboxylic acids is 1. The summed E-state index contributed by atoms with van der Waals surface area (Å²) in [6, 6.07) is 6.24. The van der Waals surface area contributed by atoms with Gasteiger partial charge in [0.2, 0.25) is 5.91 Å². The first-order valence-corrected chi connectivity index (χ1v) is 8.35. The van der Waals surface area contributed by atoms with Gasteiger partial charge in [0.1, 0.15) is 10.8 Å². The summed E-state index contributed by atoms with van der Waals surface area (Å²) in [6.45, 7) is 1.74. The van der Waals surface area contributed by atoms with E-state index in [0.29, 0.717) is 35.9 Å². The van der Waals surface area contributed by atoms with E-state index in [1.165, 1.54) is 23.5 Å². The fourth-order valence-corrected chi connectivity index (χ4v) is 3.36. The van der Waals surface area contributed by atoms with Gasteiger partial charge in [0.25, 0.3) is 0 Å². The molecule has 2 atom stereocenters. The lowest BCUT2D eigenvalue weighted by Gasteiger charge is -2.13. The predicted molar refractivity (Wildman–Crippen MR) is 101 cm³/mol. The van der Waals surface area contributed by atoms with Crippen LogP contribution in [0.5, 0.6) is 0 Å². The summed E-state index contributed by atoms with van der Waals surface area (Å²) in [5.74, 6) is -0.377. The first-order chi connectivity index (χ1) is 11.1. The van der Waals surface area contributed by atoms with Crippen molar-refractivity contribution in [3.05, 3.63) is 41.2 Å². The Hall–Kier alpha value is -1.25. The number of nitrogens with zero attached hydrogens (tertiary/aromatic N) is 1. The first-order valence-electron chi connectivity index (χ1n) is 7.47. The Kier molecular flexibility index (Phi) is 8.75. The third-order valence-electron chi connectivity index (χ3n) is 3.83. The van der Waals surface area contributed by atoms with E-state index in [1.54, 1.807) is 12.1 Å². The number of β-amino-alcohol motifs (C(OH)–C–C–N with tert-alkyl or cyclic N) is 1. The van der Waals surface area contributed by atoms with Crippen LogP contribution in [0.1, 0.15) is 5.69 Å². The predicted octanol–water partition coefficient (Wildman–Crippen LogP) is 2.03. The van der Waals surface area contributed by atoms with Crippen molar-refractivity contribution in [2.24, 2.45) is 5.92 Å². The molecule has 0 saturated carbocycles. The van der Waals surface area contributed by atoms with Gasteiger partial charge in [0.05, 0.1) is 18.2 Å². The molecule has 138 valence electrons. The molecule has 25 heavy (non-hydrogen) atoms. The van der Waals surface area contributed by atoms with Crippen LogP contribution in [0.15, 0.2) is 29.6 Å². The molecular formula is C16H20Cl2FN3O2S. The molecule has 1 aliphatic rings. The number of aliphatic hydroxyl groups is 1. The van der Waals surface area contributed by atoms with Crippen LogP contribution in [0.2, 0.25) is 0 Å². The van der Waals surface area contributed by atoms with Crippen molar-refractivity contribution in [3.63, 3.8) is 0 Å². The maximum atomic E-state index is 13.2. The molecular weight excluding hydrogens is 388 g/mol. The van der Waals surface area contributed by atoms with Gasteiger partial charge in [0.15, 0.2) is 0 Å². The Labute approximate surface area is 161 Å². The number of benzene rings is 1. The molecule has 1 saturated heterocycles. The lowest BCUT2D eigenvalue weighted by Crippen LogP contribution is -2.35. The summed E-state index contributed by atoms with van der Waals surface area (Å²) < 4.78 is 13.2. The number of thiazole rings is 1. The van der Waals surface area contributed by atoms with Gasteiger partial charge in [-0.2, -0.15) is 0 Å². The maximum Gasteiger partial charge on any atom is 0.226 e. The highest BCUT2D eigenvalue weighted by molar-refractivity contribution is 7.13. The number of carbonyl (C=O) groups is 1. The number of amides is 1. The molecule has 1 aromatic carbocycles. The number of aromatic nitrogens is 1.